The first kappa shape index (κ1) is 26.8. The molecule has 10 heteroatoms. The zero-order valence-corrected chi connectivity index (χ0v) is 22.6. The molecule has 2 aromatic carbocycles. The Morgan fingerprint density at radius 3 is 2.39 bits per heavy atom. The Balaban J connectivity index is 1.39. The molecule has 2 unspecified atom stereocenters. The molecule has 2 heterocycles. The molecule has 1 aliphatic heterocycles. The SMILES string of the molecule is COC(=O)C1(c2ccc(CN3C(C)CCC(c4ccccc4)S3(O)O)c(F)c2)CCC(n2cnnc2)CC1. The molecule has 5 rings (SSSR count). The van der Waals surface area contributed by atoms with Gasteiger partial charge in [0, 0.05) is 24.2 Å². The maximum absolute atomic E-state index is 15.6. The van der Waals surface area contributed by atoms with E-state index in [9.17, 15) is 13.9 Å². The van der Waals surface area contributed by atoms with Crippen LogP contribution in [0.25, 0.3) is 0 Å². The lowest BCUT2D eigenvalue weighted by Gasteiger charge is -2.54. The van der Waals surface area contributed by atoms with Crippen LogP contribution in [0, 0.1) is 5.82 Å². The van der Waals surface area contributed by atoms with Crippen molar-refractivity contribution < 1.29 is 23.0 Å². The summed E-state index contributed by atoms with van der Waals surface area (Å²) >= 11 is 0. The molecule has 0 radical (unpaired) electrons. The lowest BCUT2D eigenvalue weighted by atomic mass is 9.68. The molecule has 1 aliphatic carbocycles. The zero-order chi connectivity index (χ0) is 26.9. The van der Waals surface area contributed by atoms with Crippen molar-refractivity contribution in [3.05, 3.63) is 83.7 Å². The third kappa shape index (κ3) is 4.86. The minimum Gasteiger partial charge on any atom is -0.468 e. The Morgan fingerprint density at radius 2 is 1.76 bits per heavy atom. The molecule has 204 valence electrons. The highest BCUT2D eigenvalue weighted by Gasteiger charge is 2.45. The van der Waals surface area contributed by atoms with E-state index in [-0.39, 0.29) is 24.6 Å². The number of esters is 1. The van der Waals surface area contributed by atoms with Gasteiger partial charge in [-0.3, -0.25) is 13.9 Å². The van der Waals surface area contributed by atoms with Crippen molar-refractivity contribution in [2.24, 2.45) is 0 Å². The number of ether oxygens (including phenoxy) is 1. The van der Waals surface area contributed by atoms with Gasteiger partial charge in [-0.25, -0.2) is 4.39 Å². The molecule has 0 amide bonds. The molecule has 3 aromatic rings. The number of halogens is 1. The van der Waals surface area contributed by atoms with Crippen LogP contribution in [0.15, 0.2) is 61.2 Å². The van der Waals surface area contributed by atoms with Gasteiger partial charge in [-0.1, -0.05) is 42.5 Å². The summed E-state index contributed by atoms with van der Waals surface area (Å²) in [5, 5.41) is 7.34. The van der Waals surface area contributed by atoms with E-state index in [4.69, 9.17) is 4.74 Å². The van der Waals surface area contributed by atoms with E-state index in [0.717, 1.165) is 12.0 Å². The van der Waals surface area contributed by atoms with Crippen LogP contribution in [-0.4, -0.2) is 47.3 Å². The number of benzene rings is 2. The molecule has 1 aromatic heterocycles. The second kappa shape index (κ2) is 10.8. The standard InChI is InChI=1S/C28H35FN4O4S/c1-20-8-11-26(21-6-4-3-5-7-21)38(35,36)33(20)17-22-9-10-23(16-25(22)29)28(27(34)37-2)14-12-24(13-15-28)32-18-30-31-19-32/h3-7,9-10,16,18-20,24,26,35-36H,8,11-15,17H2,1-2H3. The molecule has 0 spiro atoms. The van der Waals surface area contributed by atoms with Gasteiger partial charge in [0.25, 0.3) is 0 Å². The molecule has 1 saturated carbocycles. The third-order valence-electron chi connectivity index (χ3n) is 8.41. The smallest absolute Gasteiger partial charge is 0.316 e. The van der Waals surface area contributed by atoms with Gasteiger partial charge in [-0.05, 0) is 62.6 Å². The fourth-order valence-corrected chi connectivity index (χ4v) is 8.39. The van der Waals surface area contributed by atoms with Crippen LogP contribution >= 0.6 is 10.8 Å². The number of nitrogens with zero attached hydrogens (tertiary/aromatic N) is 4. The highest BCUT2D eigenvalue weighted by atomic mass is 32.3. The highest BCUT2D eigenvalue weighted by molar-refractivity contribution is 8.22. The number of hydrogen-bond donors (Lipinski definition) is 2. The summed E-state index contributed by atoms with van der Waals surface area (Å²) in [6, 6.07) is 14.5. The van der Waals surface area contributed by atoms with E-state index >= 15 is 4.39 Å². The van der Waals surface area contributed by atoms with Crippen LogP contribution in [0.3, 0.4) is 0 Å². The van der Waals surface area contributed by atoms with E-state index in [1.165, 1.54) is 13.2 Å². The third-order valence-corrected chi connectivity index (χ3v) is 10.9. The van der Waals surface area contributed by atoms with Gasteiger partial charge in [0.1, 0.15) is 18.5 Å². The largest absolute Gasteiger partial charge is 0.468 e. The van der Waals surface area contributed by atoms with Gasteiger partial charge in [0.15, 0.2) is 0 Å². The molecular formula is C28H35FN4O4S. The lowest BCUT2D eigenvalue weighted by Crippen LogP contribution is -2.42. The summed E-state index contributed by atoms with van der Waals surface area (Å²) in [6.07, 6.45) is 7.25. The second-order valence-corrected chi connectivity index (χ2v) is 12.6. The number of rotatable bonds is 6. The predicted molar refractivity (Wildman–Crippen MR) is 144 cm³/mol. The van der Waals surface area contributed by atoms with Crippen LogP contribution < -0.4 is 0 Å². The molecule has 38 heavy (non-hydrogen) atoms. The summed E-state index contributed by atoms with van der Waals surface area (Å²) in [4.78, 5) is 13.0. The maximum atomic E-state index is 15.6. The van der Waals surface area contributed by atoms with Gasteiger partial charge in [0.2, 0.25) is 0 Å². The summed E-state index contributed by atoms with van der Waals surface area (Å²) in [6.45, 7) is 2.02. The Morgan fingerprint density at radius 1 is 1.08 bits per heavy atom. The van der Waals surface area contributed by atoms with E-state index < -0.39 is 27.3 Å². The van der Waals surface area contributed by atoms with Gasteiger partial charge in [0.05, 0.1) is 17.8 Å². The first-order valence-electron chi connectivity index (χ1n) is 13.1. The van der Waals surface area contributed by atoms with Crippen molar-refractivity contribution in [3.63, 3.8) is 0 Å². The fourth-order valence-electron chi connectivity index (χ4n) is 6.13. The summed E-state index contributed by atoms with van der Waals surface area (Å²) in [5.74, 6) is -0.827. The van der Waals surface area contributed by atoms with Crippen molar-refractivity contribution in [2.45, 2.75) is 74.7 Å². The van der Waals surface area contributed by atoms with E-state index in [1.54, 1.807) is 29.1 Å². The fraction of sp³-hybridized carbons (Fsp3) is 0.464. The summed E-state index contributed by atoms with van der Waals surface area (Å²) < 4.78 is 47.1. The van der Waals surface area contributed by atoms with Crippen LogP contribution in [0.1, 0.15) is 73.4 Å². The molecule has 8 nitrogen and oxygen atoms in total. The number of methoxy groups -OCH3 is 1. The van der Waals surface area contributed by atoms with E-state index in [1.807, 2.05) is 41.8 Å². The monoisotopic (exact) mass is 542 g/mol. The molecular weight excluding hydrogens is 507 g/mol. The summed E-state index contributed by atoms with van der Waals surface area (Å²) in [7, 11) is -1.82. The van der Waals surface area contributed by atoms with Crippen LogP contribution in [0.5, 0.6) is 0 Å². The molecule has 0 bridgehead atoms. The minimum absolute atomic E-state index is 0.0693. The Kier molecular flexibility index (Phi) is 7.59. The molecule has 2 N–H and O–H groups in total. The van der Waals surface area contributed by atoms with E-state index in [0.29, 0.717) is 43.2 Å². The zero-order valence-electron chi connectivity index (χ0n) is 21.7. The minimum atomic E-state index is -3.19. The van der Waals surface area contributed by atoms with Crippen molar-refractivity contribution in [3.8, 4) is 0 Å². The van der Waals surface area contributed by atoms with Crippen LogP contribution in [0.4, 0.5) is 4.39 Å². The average molecular weight is 543 g/mol. The number of carbonyl (C=O) groups excluding carboxylic acids is 1. The molecule has 1 saturated heterocycles. The first-order chi connectivity index (χ1) is 18.3. The topological polar surface area (TPSA) is 101 Å². The normalized spacial score (nSPS) is 28.5. The number of hydrogen-bond acceptors (Lipinski definition) is 7. The van der Waals surface area contributed by atoms with Gasteiger partial charge in [-0.2, -0.15) is 4.31 Å². The molecule has 2 atom stereocenters. The molecule has 2 aliphatic rings. The van der Waals surface area contributed by atoms with E-state index in [2.05, 4.69) is 10.2 Å². The van der Waals surface area contributed by atoms with Crippen molar-refractivity contribution in [1.29, 1.82) is 0 Å². The van der Waals surface area contributed by atoms with Crippen LogP contribution in [-0.2, 0) is 21.5 Å². The Labute approximate surface area is 224 Å². The Bertz CT molecular complexity index is 1250. The lowest BCUT2D eigenvalue weighted by molar-refractivity contribution is -0.149. The first-order valence-corrected chi connectivity index (χ1v) is 14.6. The van der Waals surface area contributed by atoms with Crippen molar-refractivity contribution in [2.75, 3.05) is 7.11 Å². The summed E-state index contributed by atoms with van der Waals surface area (Å²) in [5.41, 5.74) is 0.904. The molecule has 2 fully saturated rings. The number of aromatic nitrogens is 3. The predicted octanol–water partition coefficient (Wildman–Crippen LogP) is 6.03. The second-order valence-electron chi connectivity index (χ2n) is 10.5. The van der Waals surface area contributed by atoms with Crippen molar-refractivity contribution in [1.82, 2.24) is 19.1 Å². The number of carbonyl (C=O) groups is 1. The Hall–Kier alpha value is -2.79. The highest BCUT2D eigenvalue weighted by Crippen LogP contribution is 2.63. The van der Waals surface area contributed by atoms with Gasteiger partial charge >= 0.3 is 5.97 Å². The van der Waals surface area contributed by atoms with Gasteiger partial charge in [-0.15, -0.1) is 21.0 Å². The quantitative estimate of drug-likeness (QED) is 0.367. The van der Waals surface area contributed by atoms with Gasteiger partial charge < -0.3 is 9.30 Å². The average Bonchev–Trinajstić information content (AvgIpc) is 3.47. The van der Waals surface area contributed by atoms with Crippen LogP contribution in [0.2, 0.25) is 0 Å². The maximum Gasteiger partial charge on any atom is 0.316 e. The van der Waals surface area contributed by atoms with Crippen molar-refractivity contribution >= 4 is 16.7 Å².